The van der Waals surface area contributed by atoms with Crippen molar-refractivity contribution in [2.24, 2.45) is 0 Å². The fraction of sp³-hybridized carbons (Fsp3) is 0.353. The van der Waals surface area contributed by atoms with Gasteiger partial charge in [-0.3, -0.25) is 19.4 Å². The van der Waals surface area contributed by atoms with Crippen LogP contribution in [0.2, 0.25) is 0 Å². The highest BCUT2D eigenvalue weighted by Crippen LogP contribution is 2.37. The maximum Gasteiger partial charge on any atom is 0.265 e. The minimum atomic E-state index is -0.434. The van der Waals surface area contributed by atoms with Crippen molar-refractivity contribution < 1.29 is 19.1 Å². The van der Waals surface area contributed by atoms with Crippen LogP contribution >= 0.6 is 28.1 Å². The second-order valence-corrected chi connectivity index (χ2v) is 6.48. The Morgan fingerprint density at radius 3 is 2.16 bits per heavy atom. The Morgan fingerprint density at radius 1 is 1.08 bits per heavy atom. The van der Waals surface area contributed by atoms with Gasteiger partial charge in [-0.05, 0) is 65.8 Å². The van der Waals surface area contributed by atoms with Crippen molar-refractivity contribution in [2.75, 3.05) is 27.3 Å². The Hall–Kier alpha value is -1.93. The van der Waals surface area contributed by atoms with Crippen molar-refractivity contribution in [3.8, 4) is 11.5 Å². The monoisotopic (exact) mass is 426 g/mol. The Labute approximate surface area is 160 Å². The summed E-state index contributed by atoms with van der Waals surface area (Å²) >= 11 is 8.54. The molecule has 25 heavy (non-hydrogen) atoms. The number of nitrogens with zero attached hydrogens (tertiary/aromatic N) is 2. The first-order chi connectivity index (χ1) is 11.8. The van der Waals surface area contributed by atoms with E-state index >= 15 is 0 Å². The lowest BCUT2D eigenvalue weighted by molar-refractivity contribution is -0.132. The van der Waals surface area contributed by atoms with E-state index in [1.807, 2.05) is 13.8 Å². The molecule has 0 unspecified atom stereocenters. The van der Waals surface area contributed by atoms with E-state index in [4.69, 9.17) is 21.7 Å². The van der Waals surface area contributed by atoms with E-state index in [0.717, 1.165) is 0 Å². The first-order valence-electron chi connectivity index (χ1n) is 7.72. The summed E-state index contributed by atoms with van der Waals surface area (Å²) in [7, 11) is 3.09. The van der Waals surface area contributed by atoms with E-state index in [2.05, 4.69) is 15.9 Å². The summed E-state index contributed by atoms with van der Waals surface area (Å²) in [6, 6.07) is 3.51. The average molecular weight is 427 g/mol. The van der Waals surface area contributed by atoms with Gasteiger partial charge in [0.2, 0.25) is 0 Å². The molecule has 0 spiro atoms. The molecule has 2 amide bonds. The first kappa shape index (κ1) is 19.4. The molecule has 0 saturated carbocycles. The number of rotatable bonds is 5. The van der Waals surface area contributed by atoms with Gasteiger partial charge < -0.3 is 9.47 Å². The van der Waals surface area contributed by atoms with Gasteiger partial charge in [0.1, 0.15) is 5.57 Å². The third kappa shape index (κ3) is 3.85. The van der Waals surface area contributed by atoms with Gasteiger partial charge in [-0.15, -0.1) is 0 Å². The predicted octanol–water partition coefficient (Wildman–Crippen LogP) is 2.85. The van der Waals surface area contributed by atoms with Crippen molar-refractivity contribution in [1.29, 1.82) is 0 Å². The molecule has 0 atom stereocenters. The van der Waals surface area contributed by atoms with Crippen LogP contribution in [0.5, 0.6) is 11.5 Å². The number of ether oxygens (including phenoxy) is 2. The number of thiocarbonyl (C=S) groups is 1. The predicted molar refractivity (Wildman–Crippen MR) is 103 cm³/mol. The molecule has 6 nitrogen and oxygen atoms in total. The lowest BCUT2D eigenvalue weighted by Gasteiger charge is -2.31. The molecule has 1 aliphatic heterocycles. The van der Waals surface area contributed by atoms with Crippen molar-refractivity contribution in [1.82, 2.24) is 9.80 Å². The fourth-order valence-electron chi connectivity index (χ4n) is 2.36. The summed E-state index contributed by atoms with van der Waals surface area (Å²) in [5.74, 6) is 0.258. The molecule has 1 aliphatic rings. The molecule has 1 aromatic carbocycles. The van der Waals surface area contributed by atoms with E-state index in [9.17, 15) is 9.59 Å². The number of amides is 2. The summed E-state index contributed by atoms with van der Waals surface area (Å²) in [4.78, 5) is 27.4. The molecule has 0 aliphatic carbocycles. The molecule has 1 aromatic rings. The maximum atomic E-state index is 12.4. The molecule has 1 heterocycles. The van der Waals surface area contributed by atoms with Gasteiger partial charge >= 0.3 is 0 Å². The van der Waals surface area contributed by atoms with Gasteiger partial charge in [-0.25, -0.2) is 0 Å². The van der Waals surface area contributed by atoms with Gasteiger partial charge in [-0.2, -0.15) is 0 Å². The Balaban J connectivity index is 2.51. The Kier molecular flexibility index (Phi) is 6.18. The molecular weight excluding hydrogens is 408 g/mol. The van der Waals surface area contributed by atoms with Crippen LogP contribution in [-0.2, 0) is 9.59 Å². The SMILES string of the molecule is CCOc1cc(C=C2C(=O)N(C)C(=S)N(C)C2=O)cc(Br)c1OCC. The summed E-state index contributed by atoms with van der Waals surface area (Å²) in [5.41, 5.74) is 0.683. The zero-order chi connectivity index (χ0) is 18.7. The lowest BCUT2D eigenvalue weighted by Crippen LogP contribution is -2.52. The number of likely N-dealkylation sites (N-methyl/N-ethyl adjacent to an activating group) is 2. The van der Waals surface area contributed by atoms with Crippen molar-refractivity contribution >= 4 is 51.2 Å². The van der Waals surface area contributed by atoms with Crippen LogP contribution in [0.15, 0.2) is 22.2 Å². The van der Waals surface area contributed by atoms with Crippen LogP contribution in [0.4, 0.5) is 0 Å². The van der Waals surface area contributed by atoms with Crippen molar-refractivity contribution in [3.63, 3.8) is 0 Å². The van der Waals surface area contributed by atoms with Crippen LogP contribution in [-0.4, -0.2) is 54.0 Å². The smallest absolute Gasteiger partial charge is 0.265 e. The third-order valence-corrected chi connectivity index (χ3v) is 4.71. The molecule has 134 valence electrons. The quantitative estimate of drug-likeness (QED) is 0.411. The van der Waals surface area contributed by atoms with Crippen molar-refractivity contribution in [3.05, 3.63) is 27.7 Å². The summed E-state index contributed by atoms with van der Waals surface area (Å²) in [6.45, 7) is 4.70. The number of carbonyl (C=O) groups is 2. The number of carbonyl (C=O) groups excluding carboxylic acids is 2. The van der Waals surface area contributed by atoms with Crippen LogP contribution in [0.1, 0.15) is 19.4 Å². The highest BCUT2D eigenvalue weighted by atomic mass is 79.9. The normalized spacial score (nSPS) is 14.9. The second-order valence-electron chi connectivity index (χ2n) is 5.26. The largest absolute Gasteiger partial charge is 0.490 e. The van der Waals surface area contributed by atoms with Gasteiger partial charge in [-0.1, -0.05) is 0 Å². The summed E-state index contributed by atoms with van der Waals surface area (Å²) in [6.07, 6.45) is 1.53. The van der Waals surface area contributed by atoms with E-state index in [-0.39, 0.29) is 10.7 Å². The third-order valence-electron chi connectivity index (χ3n) is 3.58. The van der Waals surface area contributed by atoms with Crippen LogP contribution < -0.4 is 9.47 Å². The highest BCUT2D eigenvalue weighted by molar-refractivity contribution is 9.10. The number of benzene rings is 1. The maximum absolute atomic E-state index is 12.4. The van der Waals surface area contributed by atoms with Crippen molar-refractivity contribution in [2.45, 2.75) is 13.8 Å². The molecule has 1 saturated heterocycles. The molecule has 0 N–H and O–H groups in total. The van der Waals surface area contributed by atoms with Gasteiger partial charge in [0.15, 0.2) is 16.6 Å². The average Bonchev–Trinajstić information content (AvgIpc) is 2.58. The van der Waals surface area contributed by atoms with E-state index in [1.165, 1.54) is 15.9 Å². The Morgan fingerprint density at radius 2 is 1.64 bits per heavy atom. The minimum absolute atomic E-state index is 0.0390. The first-order valence-corrected chi connectivity index (χ1v) is 8.92. The minimum Gasteiger partial charge on any atom is -0.490 e. The number of hydrogen-bond acceptors (Lipinski definition) is 5. The topological polar surface area (TPSA) is 59.1 Å². The van der Waals surface area contributed by atoms with Gasteiger partial charge in [0.05, 0.1) is 17.7 Å². The van der Waals surface area contributed by atoms with Gasteiger partial charge in [0.25, 0.3) is 11.8 Å². The van der Waals surface area contributed by atoms with Crippen LogP contribution in [0.25, 0.3) is 6.08 Å². The molecule has 1 fully saturated rings. The van der Waals surface area contributed by atoms with E-state index < -0.39 is 11.8 Å². The Bertz CT molecular complexity index is 737. The number of halogens is 1. The molecule has 0 aromatic heterocycles. The van der Waals surface area contributed by atoms with E-state index in [1.54, 1.807) is 26.2 Å². The molecule has 2 rings (SSSR count). The standard InChI is InChI=1S/C17H19BrN2O4S/c1-5-23-13-9-10(8-12(18)14(13)24-6-2)7-11-15(21)19(3)17(25)20(4)16(11)22/h7-9H,5-6H2,1-4H3. The fourth-order valence-corrected chi connectivity index (χ4v) is 3.10. The second kappa shape index (κ2) is 7.97. The molecule has 0 radical (unpaired) electrons. The number of hydrogen-bond donors (Lipinski definition) is 0. The lowest BCUT2D eigenvalue weighted by atomic mass is 10.1. The van der Waals surface area contributed by atoms with E-state index in [0.29, 0.717) is 34.7 Å². The molecule has 8 heteroatoms. The molecule has 0 bridgehead atoms. The summed E-state index contributed by atoms with van der Waals surface area (Å²) in [5, 5.41) is 0.176. The van der Waals surface area contributed by atoms with Crippen LogP contribution in [0, 0.1) is 0 Å². The summed E-state index contributed by atoms with van der Waals surface area (Å²) < 4.78 is 11.9. The molecular formula is C17H19BrN2O4S. The van der Waals surface area contributed by atoms with Crippen LogP contribution in [0.3, 0.4) is 0 Å². The highest BCUT2D eigenvalue weighted by Gasteiger charge is 2.35. The van der Waals surface area contributed by atoms with Gasteiger partial charge in [0, 0.05) is 14.1 Å². The zero-order valence-corrected chi connectivity index (χ0v) is 16.9. The zero-order valence-electron chi connectivity index (χ0n) is 14.5.